The highest BCUT2D eigenvalue weighted by Gasteiger charge is 2.47. The van der Waals surface area contributed by atoms with Crippen LogP contribution >= 0.6 is 0 Å². The Balaban J connectivity index is 1.84. The van der Waals surface area contributed by atoms with Gasteiger partial charge in [-0.1, -0.05) is 18.9 Å². The van der Waals surface area contributed by atoms with Gasteiger partial charge in [0.1, 0.15) is 0 Å². The molecule has 1 saturated carbocycles. The topological polar surface area (TPSA) is 96.6 Å². The molecule has 0 spiro atoms. The van der Waals surface area contributed by atoms with Gasteiger partial charge in [-0.05, 0) is 43.5 Å². The molecule has 28 heavy (non-hydrogen) atoms. The van der Waals surface area contributed by atoms with Gasteiger partial charge in [-0.2, -0.15) is 0 Å². The van der Waals surface area contributed by atoms with E-state index in [4.69, 9.17) is 5.14 Å². The Bertz CT molecular complexity index is 1010. The van der Waals surface area contributed by atoms with Crippen LogP contribution in [0, 0.1) is 0 Å². The Hall–Kier alpha value is -2.03. The predicted molar refractivity (Wildman–Crippen MR) is 107 cm³/mol. The van der Waals surface area contributed by atoms with Gasteiger partial charge in [-0.15, -0.1) is 0 Å². The number of hydrogen-bond donors (Lipinski definition) is 1. The van der Waals surface area contributed by atoms with Crippen LogP contribution in [0.1, 0.15) is 31.4 Å². The summed E-state index contributed by atoms with van der Waals surface area (Å²) in [6.45, 7) is 3.15. The maximum atomic E-state index is 13.7. The summed E-state index contributed by atoms with van der Waals surface area (Å²) in [5.41, 5.74) is 0.00351. The predicted octanol–water partition coefficient (Wildman–Crippen LogP) is 1.47. The Morgan fingerprint density at radius 1 is 1.11 bits per heavy atom. The van der Waals surface area contributed by atoms with Crippen molar-refractivity contribution in [2.75, 3.05) is 33.2 Å². The van der Waals surface area contributed by atoms with Crippen molar-refractivity contribution in [3.05, 3.63) is 36.2 Å². The van der Waals surface area contributed by atoms with Crippen molar-refractivity contribution in [2.24, 2.45) is 5.14 Å². The molecule has 1 aromatic carbocycles. The molecule has 2 aliphatic rings. The van der Waals surface area contributed by atoms with E-state index in [1.807, 2.05) is 11.0 Å². The van der Waals surface area contributed by atoms with Crippen molar-refractivity contribution >= 4 is 26.7 Å². The van der Waals surface area contributed by atoms with Crippen LogP contribution in [0.3, 0.4) is 0 Å². The molecule has 1 aliphatic carbocycles. The van der Waals surface area contributed by atoms with E-state index in [1.165, 1.54) is 6.07 Å². The highest BCUT2D eigenvalue weighted by atomic mass is 32.2. The molecule has 0 atom stereocenters. The second-order valence-corrected chi connectivity index (χ2v) is 9.53. The Kier molecular flexibility index (Phi) is 4.89. The summed E-state index contributed by atoms with van der Waals surface area (Å²) in [6, 6.07) is 6.66. The van der Waals surface area contributed by atoms with Crippen molar-refractivity contribution < 1.29 is 13.2 Å². The summed E-state index contributed by atoms with van der Waals surface area (Å²) < 4.78 is 23.8. The first-order valence-electron chi connectivity index (χ1n) is 9.71. The average molecular weight is 403 g/mol. The lowest BCUT2D eigenvalue weighted by molar-refractivity contribution is -0.139. The number of fused-ring (bicyclic) bond motifs is 1. The quantitative estimate of drug-likeness (QED) is 0.839. The van der Waals surface area contributed by atoms with Crippen LogP contribution in [0.25, 0.3) is 10.8 Å². The number of benzene rings is 1. The highest BCUT2D eigenvalue weighted by molar-refractivity contribution is 7.89. The molecule has 1 aliphatic heterocycles. The number of amides is 1. The van der Waals surface area contributed by atoms with E-state index < -0.39 is 15.4 Å². The van der Waals surface area contributed by atoms with Crippen LogP contribution < -0.4 is 5.14 Å². The summed E-state index contributed by atoms with van der Waals surface area (Å²) in [5, 5.41) is 6.92. The van der Waals surface area contributed by atoms with Crippen molar-refractivity contribution in [2.45, 2.75) is 36.0 Å². The Labute approximate surface area is 165 Å². The van der Waals surface area contributed by atoms with Crippen molar-refractivity contribution in [1.29, 1.82) is 0 Å². The number of piperazine rings is 1. The first-order chi connectivity index (χ1) is 13.3. The van der Waals surface area contributed by atoms with Crippen LogP contribution in [-0.2, 0) is 20.2 Å². The van der Waals surface area contributed by atoms with Crippen molar-refractivity contribution in [3.8, 4) is 0 Å². The lowest BCUT2D eigenvalue weighted by Crippen LogP contribution is -2.53. The van der Waals surface area contributed by atoms with E-state index in [-0.39, 0.29) is 10.8 Å². The monoisotopic (exact) mass is 402 g/mol. The zero-order chi connectivity index (χ0) is 19.9. The highest BCUT2D eigenvalue weighted by Crippen LogP contribution is 2.44. The summed E-state index contributed by atoms with van der Waals surface area (Å²) in [6.07, 6.45) is 5.12. The minimum Gasteiger partial charge on any atom is -0.339 e. The molecule has 8 heteroatoms. The summed E-state index contributed by atoms with van der Waals surface area (Å²) >= 11 is 0. The van der Waals surface area contributed by atoms with Gasteiger partial charge in [0, 0.05) is 37.8 Å². The summed E-state index contributed by atoms with van der Waals surface area (Å²) in [4.78, 5) is 22.5. The van der Waals surface area contributed by atoms with Gasteiger partial charge in [0.25, 0.3) is 0 Å². The molecule has 0 radical (unpaired) electrons. The number of rotatable bonds is 3. The molecular formula is C20H26N4O3S. The molecule has 2 fully saturated rings. The molecule has 2 aromatic rings. The third kappa shape index (κ3) is 3.29. The number of likely N-dealkylation sites (N-methyl/N-ethyl adjacent to an activating group) is 1. The van der Waals surface area contributed by atoms with Gasteiger partial charge >= 0.3 is 0 Å². The molecule has 1 amide bonds. The standard InChI is InChI=1S/C20H26N4O3S/c1-23-10-12-24(13-11-23)19(25)20(7-2-3-8-20)18-17-14-16(28(21,26)27)5-4-15(17)6-9-22-18/h4-6,9,14H,2-3,7-8,10-13H2,1H3,(H2,21,26,27). The number of carbonyl (C=O) groups is 1. The molecule has 150 valence electrons. The normalized spacial score (nSPS) is 20.6. The van der Waals surface area contributed by atoms with E-state index in [0.29, 0.717) is 24.2 Å². The zero-order valence-corrected chi connectivity index (χ0v) is 16.9. The Morgan fingerprint density at radius 3 is 2.43 bits per heavy atom. The van der Waals surface area contributed by atoms with Crippen molar-refractivity contribution in [1.82, 2.24) is 14.8 Å². The molecule has 0 bridgehead atoms. The number of aromatic nitrogens is 1. The van der Waals surface area contributed by atoms with Crippen LogP contribution in [0.4, 0.5) is 0 Å². The minimum atomic E-state index is -3.83. The smallest absolute Gasteiger partial charge is 0.238 e. The molecule has 0 unspecified atom stereocenters. The zero-order valence-electron chi connectivity index (χ0n) is 16.1. The summed E-state index contributed by atoms with van der Waals surface area (Å²) in [5.74, 6) is 0.124. The number of hydrogen-bond acceptors (Lipinski definition) is 5. The van der Waals surface area contributed by atoms with E-state index in [9.17, 15) is 13.2 Å². The fraction of sp³-hybridized carbons (Fsp3) is 0.500. The lowest BCUT2D eigenvalue weighted by Gasteiger charge is -2.39. The van der Waals surface area contributed by atoms with Gasteiger partial charge in [0.2, 0.25) is 15.9 Å². The number of sulfonamides is 1. The summed E-state index contributed by atoms with van der Waals surface area (Å²) in [7, 11) is -1.77. The van der Waals surface area contributed by atoms with Gasteiger partial charge in [-0.25, -0.2) is 13.6 Å². The Morgan fingerprint density at radius 2 is 1.79 bits per heavy atom. The molecular weight excluding hydrogens is 376 g/mol. The average Bonchev–Trinajstić information content (AvgIpc) is 3.17. The van der Waals surface area contributed by atoms with E-state index in [1.54, 1.807) is 18.3 Å². The van der Waals surface area contributed by atoms with Crippen LogP contribution in [-0.4, -0.2) is 62.3 Å². The molecule has 7 nitrogen and oxygen atoms in total. The maximum Gasteiger partial charge on any atom is 0.238 e. The first-order valence-corrected chi connectivity index (χ1v) is 11.3. The SMILES string of the molecule is CN1CCN(C(=O)C2(c3nccc4ccc(S(N)(=O)=O)cc34)CCCC2)CC1. The first kappa shape index (κ1) is 19.3. The van der Waals surface area contributed by atoms with E-state index >= 15 is 0 Å². The molecule has 4 rings (SSSR count). The molecule has 1 saturated heterocycles. The second kappa shape index (κ2) is 7.09. The third-order valence-corrected chi connectivity index (χ3v) is 7.09. The number of nitrogens with zero attached hydrogens (tertiary/aromatic N) is 3. The van der Waals surface area contributed by atoms with Crippen LogP contribution in [0.15, 0.2) is 35.4 Å². The van der Waals surface area contributed by atoms with Gasteiger partial charge in [0.15, 0.2) is 0 Å². The maximum absolute atomic E-state index is 13.7. The second-order valence-electron chi connectivity index (χ2n) is 7.97. The molecule has 1 aromatic heterocycles. The fourth-order valence-corrected chi connectivity index (χ4v) is 5.09. The fourth-order valence-electron chi connectivity index (χ4n) is 4.55. The van der Waals surface area contributed by atoms with Crippen LogP contribution in [0.2, 0.25) is 0 Å². The van der Waals surface area contributed by atoms with Gasteiger partial charge in [0.05, 0.1) is 16.0 Å². The van der Waals surface area contributed by atoms with Gasteiger partial charge in [-0.3, -0.25) is 9.78 Å². The largest absolute Gasteiger partial charge is 0.339 e. The third-order valence-electron chi connectivity index (χ3n) is 6.18. The minimum absolute atomic E-state index is 0.0504. The number of nitrogens with two attached hydrogens (primary N) is 1. The van der Waals surface area contributed by atoms with Gasteiger partial charge < -0.3 is 9.80 Å². The van der Waals surface area contributed by atoms with E-state index in [2.05, 4.69) is 16.9 Å². The molecule has 2 heterocycles. The van der Waals surface area contributed by atoms with E-state index in [0.717, 1.165) is 44.2 Å². The lowest BCUT2D eigenvalue weighted by atomic mass is 9.78. The van der Waals surface area contributed by atoms with Crippen molar-refractivity contribution in [3.63, 3.8) is 0 Å². The number of pyridine rings is 1. The number of carbonyl (C=O) groups excluding carboxylic acids is 1. The number of primary sulfonamides is 1. The molecule has 2 N–H and O–H groups in total. The van der Waals surface area contributed by atoms with Crippen LogP contribution in [0.5, 0.6) is 0 Å².